The smallest absolute Gasteiger partial charge is 0.257 e. The van der Waals surface area contributed by atoms with Crippen molar-refractivity contribution in [1.82, 2.24) is 10.8 Å². The molecule has 5 nitrogen and oxygen atoms in total. The zero-order chi connectivity index (χ0) is 10.1. The number of rotatable bonds is 7. The Hall–Kier alpha value is -0.650. The molecule has 0 atom stereocenters. The van der Waals surface area contributed by atoms with E-state index in [1.54, 1.807) is 7.11 Å². The normalized spacial score (nSPS) is 10.5. The zero-order valence-electron chi connectivity index (χ0n) is 8.42. The molecule has 0 aromatic rings. The van der Waals surface area contributed by atoms with Crippen LogP contribution >= 0.6 is 0 Å². The zero-order valence-corrected chi connectivity index (χ0v) is 8.42. The second kappa shape index (κ2) is 7.97. The van der Waals surface area contributed by atoms with Gasteiger partial charge < -0.3 is 10.1 Å². The van der Waals surface area contributed by atoms with Gasteiger partial charge in [0.25, 0.3) is 5.91 Å². The first-order valence-electron chi connectivity index (χ1n) is 4.29. The lowest BCUT2D eigenvalue weighted by atomic mass is 10.4. The summed E-state index contributed by atoms with van der Waals surface area (Å²) in [6.45, 7) is 5.05. The number of hydroxylamine groups is 1. The molecule has 0 saturated carbocycles. The fourth-order valence-corrected chi connectivity index (χ4v) is 0.589. The van der Waals surface area contributed by atoms with E-state index in [0.29, 0.717) is 19.3 Å². The lowest BCUT2D eigenvalue weighted by Gasteiger charge is -2.08. The molecule has 13 heavy (non-hydrogen) atoms. The van der Waals surface area contributed by atoms with Crippen LogP contribution in [-0.2, 0) is 14.4 Å². The maximum Gasteiger partial charge on any atom is 0.257 e. The topological polar surface area (TPSA) is 59.6 Å². The van der Waals surface area contributed by atoms with Gasteiger partial charge in [0.1, 0.15) is 0 Å². The predicted molar refractivity (Wildman–Crippen MR) is 49.1 cm³/mol. The minimum absolute atomic E-state index is 0.176. The van der Waals surface area contributed by atoms with Gasteiger partial charge in [-0.3, -0.25) is 9.63 Å². The van der Waals surface area contributed by atoms with E-state index in [-0.39, 0.29) is 12.5 Å². The Morgan fingerprint density at radius 3 is 2.62 bits per heavy atom. The van der Waals surface area contributed by atoms with Crippen LogP contribution in [0.3, 0.4) is 0 Å². The lowest BCUT2D eigenvalue weighted by Crippen LogP contribution is -2.37. The third-order valence-electron chi connectivity index (χ3n) is 1.25. The molecule has 0 aliphatic rings. The van der Waals surface area contributed by atoms with Crippen molar-refractivity contribution in [3.05, 3.63) is 0 Å². The predicted octanol–water partition coefficient (Wildman–Crippen LogP) is -0.321. The first-order chi connectivity index (χ1) is 6.16. The number of hydrogen-bond acceptors (Lipinski definition) is 4. The molecule has 0 fully saturated rings. The van der Waals surface area contributed by atoms with Gasteiger partial charge in [0, 0.05) is 13.2 Å². The van der Waals surface area contributed by atoms with Gasteiger partial charge in [-0.2, -0.15) is 0 Å². The molecule has 78 valence electrons. The van der Waals surface area contributed by atoms with Gasteiger partial charge in [-0.1, -0.05) is 13.8 Å². The average molecular weight is 190 g/mol. The van der Waals surface area contributed by atoms with Crippen molar-refractivity contribution in [2.24, 2.45) is 0 Å². The number of carbonyl (C=O) groups is 1. The van der Waals surface area contributed by atoms with Crippen molar-refractivity contribution >= 4 is 5.91 Å². The van der Waals surface area contributed by atoms with Crippen LogP contribution in [0.5, 0.6) is 0 Å². The maximum absolute atomic E-state index is 11.0. The molecular formula is C8H18N2O3. The summed E-state index contributed by atoms with van der Waals surface area (Å²) in [5.41, 5.74) is 2.29. The Labute approximate surface area is 78.7 Å². The number of nitrogens with one attached hydrogen (secondary N) is 2. The molecule has 0 aromatic carbocycles. The number of ether oxygens (including phenoxy) is 1. The highest BCUT2D eigenvalue weighted by Gasteiger charge is 2.00. The molecule has 1 amide bonds. The Kier molecular flexibility index (Phi) is 7.57. The Balaban J connectivity index is 3.20. The van der Waals surface area contributed by atoms with E-state index in [1.165, 1.54) is 0 Å². The highest BCUT2D eigenvalue weighted by atomic mass is 16.7. The summed E-state index contributed by atoms with van der Waals surface area (Å²) < 4.78 is 4.73. The first-order valence-corrected chi connectivity index (χ1v) is 4.29. The molecule has 0 radical (unpaired) electrons. The van der Waals surface area contributed by atoms with Crippen molar-refractivity contribution in [2.45, 2.75) is 19.9 Å². The molecule has 0 bridgehead atoms. The number of carbonyl (C=O) groups excluding carboxylic acids is 1. The molecule has 0 aromatic heterocycles. The van der Waals surface area contributed by atoms with Crippen LogP contribution in [0.15, 0.2) is 0 Å². The first kappa shape index (κ1) is 12.3. The van der Waals surface area contributed by atoms with Gasteiger partial charge in [0.15, 0.2) is 0 Å². The second-order valence-electron chi connectivity index (χ2n) is 2.90. The Morgan fingerprint density at radius 2 is 2.08 bits per heavy atom. The van der Waals surface area contributed by atoms with Crippen molar-refractivity contribution in [1.29, 1.82) is 0 Å². The van der Waals surface area contributed by atoms with Crippen LogP contribution in [0, 0.1) is 0 Å². The van der Waals surface area contributed by atoms with Crippen LogP contribution < -0.4 is 10.8 Å². The lowest BCUT2D eigenvalue weighted by molar-refractivity contribution is -0.133. The summed E-state index contributed by atoms with van der Waals surface area (Å²) >= 11 is 0. The summed E-state index contributed by atoms with van der Waals surface area (Å²) in [4.78, 5) is 15.8. The van der Waals surface area contributed by atoms with Gasteiger partial charge >= 0.3 is 0 Å². The standard InChI is InChI=1S/C8H18N2O3/c1-7(2)9-6-8(11)10-13-5-4-12-3/h7,9H,4-6H2,1-3H3,(H,10,11). The number of methoxy groups -OCH3 is 1. The van der Waals surface area contributed by atoms with E-state index in [9.17, 15) is 4.79 Å². The molecule has 0 spiro atoms. The molecule has 2 N–H and O–H groups in total. The number of hydrogen-bond donors (Lipinski definition) is 2. The summed E-state index contributed by atoms with van der Waals surface area (Å²) in [7, 11) is 1.57. The maximum atomic E-state index is 11.0. The fraction of sp³-hybridized carbons (Fsp3) is 0.875. The van der Waals surface area contributed by atoms with Crippen LogP contribution in [0.2, 0.25) is 0 Å². The van der Waals surface area contributed by atoms with E-state index in [1.807, 2.05) is 13.8 Å². The minimum atomic E-state index is -0.176. The van der Waals surface area contributed by atoms with Gasteiger partial charge in [-0.05, 0) is 0 Å². The molecular weight excluding hydrogens is 172 g/mol. The molecule has 5 heteroatoms. The van der Waals surface area contributed by atoms with Crippen LogP contribution in [0.1, 0.15) is 13.8 Å². The van der Waals surface area contributed by atoms with Crippen molar-refractivity contribution in [3.63, 3.8) is 0 Å². The van der Waals surface area contributed by atoms with E-state index in [4.69, 9.17) is 9.57 Å². The van der Waals surface area contributed by atoms with Crippen LogP contribution in [0.25, 0.3) is 0 Å². The van der Waals surface area contributed by atoms with Gasteiger partial charge in [0.2, 0.25) is 0 Å². The minimum Gasteiger partial charge on any atom is -0.382 e. The van der Waals surface area contributed by atoms with Crippen molar-refractivity contribution in [3.8, 4) is 0 Å². The Morgan fingerprint density at radius 1 is 1.38 bits per heavy atom. The van der Waals surface area contributed by atoms with Gasteiger partial charge in [0.05, 0.1) is 19.8 Å². The van der Waals surface area contributed by atoms with E-state index < -0.39 is 0 Å². The summed E-state index contributed by atoms with van der Waals surface area (Å²) in [5, 5.41) is 2.96. The van der Waals surface area contributed by atoms with Gasteiger partial charge in [-0.15, -0.1) is 0 Å². The average Bonchev–Trinajstić information content (AvgIpc) is 2.09. The third-order valence-corrected chi connectivity index (χ3v) is 1.25. The monoisotopic (exact) mass is 190 g/mol. The number of amides is 1. The molecule has 0 saturated heterocycles. The summed E-state index contributed by atoms with van der Waals surface area (Å²) in [6, 6.07) is 0.296. The fourth-order valence-electron chi connectivity index (χ4n) is 0.589. The second-order valence-corrected chi connectivity index (χ2v) is 2.90. The van der Waals surface area contributed by atoms with E-state index in [2.05, 4.69) is 10.8 Å². The summed E-state index contributed by atoms with van der Waals surface area (Å²) in [6.07, 6.45) is 0. The SMILES string of the molecule is COCCONC(=O)CNC(C)C. The molecule has 0 unspecified atom stereocenters. The highest BCUT2D eigenvalue weighted by Crippen LogP contribution is 1.75. The largest absolute Gasteiger partial charge is 0.382 e. The quantitative estimate of drug-likeness (QED) is 0.426. The van der Waals surface area contributed by atoms with Crippen LogP contribution in [-0.4, -0.2) is 38.8 Å². The van der Waals surface area contributed by atoms with Crippen molar-refractivity contribution < 1.29 is 14.4 Å². The van der Waals surface area contributed by atoms with Gasteiger partial charge in [-0.25, -0.2) is 5.48 Å². The van der Waals surface area contributed by atoms with Crippen molar-refractivity contribution in [2.75, 3.05) is 26.9 Å². The third kappa shape index (κ3) is 9.26. The highest BCUT2D eigenvalue weighted by molar-refractivity contribution is 5.76. The van der Waals surface area contributed by atoms with E-state index >= 15 is 0 Å². The summed E-state index contributed by atoms with van der Waals surface area (Å²) in [5.74, 6) is -0.176. The van der Waals surface area contributed by atoms with E-state index in [0.717, 1.165) is 0 Å². The van der Waals surface area contributed by atoms with Crippen LogP contribution in [0.4, 0.5) is 0 Å². The molecule has 0 aliphatic carbocycles. The molecule has 0 rings (SSSR count). The Bertz CT molecular complexity index is 139. The molecule has 0 aliphatic heterocycles. The molecule has 0 heterocycles.